The third-order valence-corrected chi connectivity index (χ3v) is 5.64. The van der Waals surface area contributed by atoms with Crippen molar-refractivity contribution in [1.29, 1.82) is 0 Å². The number of halogens is 2. The highest BCUT2D eigenvalue weighted by molar-refractivity contribution is 9.10. The molecule has 1 N–H and O–H groups in total. The standard InChI is InChI=1S/C19H21BrClN5O/c1-13-18(20)14(2)26(24-13)11-15-4-6-16(7-5-15)19(27)22-8-3-9-25-12-17(21)10-23-25/h4-7,10,12H,3,8-9,11H2,1-2H3,(H,22,27). The molecular weight excluding hydrogens is 430 g/mol. The molecule has 2 aromatic heterocycles. The van der Waals surface area contributed by atoms with Crippen molar-refractivity contribution in [2.45, 2.75) is 33.4 Å². The first kappa shape index (κ1) is 19.6. The Bertz CT molecular complexity index is 932. The van der Waals surface area contributed by atoms with Gasteiger partial charge in [-0.25, -0.2) is 0 Å². The molecule has 1 amide bonds. The number of hydrogen-bond donors (Lipinski definition) is 1. The van der Waals surface area contributed by atoms with Gasteiger partial charge in [-0.05, 0) is 53.9 Å². The molecule has 0 aliphatic carbocycles. The van der Waals surface area contributed by atoms with Crippen molar-refractivity contribution in [2.75, 3.05) is 6.54 Å². The Hall–Kier alpha value is -2.12. The number of nitrogens with one attached hydrogen (secondary N) is 1. The minimum absolute atomic E-state index is 0.0751. The van der Waals surface area contributed by atoms with Crippen LogP contribution in [0, 0.1) is 13.8 Å². The zero-order valence-electron chi connectivity index (χ0n) is 15.2. The van der Waals surface area contributed by atoms with E-state index in [0.29, 0.717) is 30.2 Å². The topological polar surface area (TPSA) is 64.7 Å². The monoisotopic (exact) mass is 449 g/mol. The third kappa shape index (κ3) is 4.99. The second-order valence-corrected chi connectivity index (χ2v) is 7.60. The Morgan fingerprint density at radius 2 is 2.00 bits per heavy atom. The summed E-state index contributed by atoms with van der Waals surface area (Å²) in [5, 5.41) is 12.2. The maximum Gasteiger partial charge on any atom is 0.251 e. The summed E-state index contributed by atoms with van der Waals surface area (Å²) in [7, 11) is 0. The Kier molecular flexibility index (Phi) is 6.34. The molecule has 0 spiro atoms. The molecule has 0 unspecified atom stereocenters. The predicted octanol–water partition coefficient (Wildman–Crippen LogP) is 3.98. The van der Waals surface area contributed by atoms with Crippen LogP contribution in [0.2, 0.25) is 5.02 Å². The lowest BCUT2D eigenvalue weighted by molar-refractivity contribution is 0.0952. The molecule has 3 aromatic rings. The van der Waals surface area contributed by atoms with Gasteiger partial charge >= 0.3 is 0 Å². The largest absolute Gasteiger partial charge is 0.352 e. The summed E-state index contributed by atoms with van der Waals surface area (Å²) in [6.45, 7) is 5.97. The Morgan fingerprint density at radius 1 is 1.26 bits per heavy atom. The van der Waals surface area contributed by atoms with Crippen LogP contribution in [0.5, 0.6) is 0 Å². The van der Waals surface area contributed by atoms with Gasteiger partial charge in [-0.1, -0.05) is 23.7 Å². The molecule has 6 nitrogen and oxygen atoms in total. The number of amides is 1. The summed E-state index contributed by atoms with van der Waals surface area (Å²) < 4.78 is 4.76. The van der Waals surface area contributed by atoms with Crippen molar-refractivity contribution in [3.05, 3.63) is 68.7 Å². The number of nitrogens with zero attached hydrogens (tertiary/aromatic N) is 4. The first-order valence-corrected chi connectivity index (χ1v) is 9.85. The van der Waals surface area contributed by atoms with Crippen molar-refractivity contribution in [1.82, 2.24) is 24.9 Å². The van der Waals surface area contributed by atoms with Gasteiger partial charge in [-0.15, -0.1) is 0 Å². The van der Waals surface area contributed by atoms with Crippen LogP contribution in [0.25, 0.3) is 0 Å². The van der Waals surface area contributed by atoms with Gasteiger partial charge in [-0.2, -0.15) is 10.2 Å². The molecule has 8 heteroatoms. The highest BCUT2D eigenvalue weighted by Gasteiger charge is 2.10. The lowest BCUT2D eigenvalue weighted by atomic mass is 10.1. The van der Waals surface area contributed by atoms with Crippen LogP contribution in [0.1, 0.15) is 33.7 Å². The molecule has 142 valence electrons. The zero-order valence-corrected chi connectivity index (χ0v) is 17.6. The van der Waals surface area contributed by atoms with Crippen molar-refractivity contribution in [3.63, 3.8) is 0 Å². The summed E-state index contributed by atoms with van der Waals surface area (Å²) in [6, 6.07) is 7.62. The highest BCUT2D eigenvalue weighted by atomic mass is 79.9. The van der Waals surface area contributed by atoms with Gasteiger partial charge < -0.3 is 5.32 Å². The van der Waals surface area contributed by atoms with E-state index in [4.69, 9.17) is 11.6 Å². The predicted molar refractivity (Wildman–Crippen MR) is 109 cm³/mol. The van der Waals surface area contributed by atoms with Crippen LogP contribution >= 0.6 is 27.5 Å². The number of carbonyl (C=O) groups excluding carboxylic acids is 1. The first-order valence-electron chi connectivity index (χ1n) is 8.68. The van der Waals surface area contributed by atoms with E-state index in [2.05, 4.69) is 31.4 Å². The molecule has 0 aliphatic heterocycles. The van der Waals surface area contributed by atoms with Gasteiger partial charge in [-0.3, -0.25) is 14.2 Å². The van der Waals surface area contributed by atoms with E-state index in [9.17, 15) is 4.79 Å². The van der Waals surface area contributed by atoms with E-state index in [1.165, 1.54) is 0 Å². The van der Waals surface area contributed by atoms with Crippen molar-refractivity contribution in [2.24, 2.45) is 0 Å². The molecule has 0 aliphatic rings. The molecule has 1 aromatic carbocycles. The number of rotatable bonds is 7. The van der Waals surface area contributed by atoms with Crippen LogP contribution in [0.4, 0.5) is 0 Å². The average molecular weight is 451 g/mol. The summed E-state index contributed by atoms with van der Waals surface area (Å²) >= 11 is 9.37. The number of carbonyl (C=O) groups is 1. The lowest BCUT2D eigenvalue weighted by Gasteiger charge is -2.08. The maximum atomic E-state index is 12.3. The second-order valence-electron chi connectivity index (χ2n) is 6.37. The van der Waals surface area contributed by atoms with Gasteiger partial charge in [0.25, 0.3) is 5.91 Å². The van der Waals surface area contributed by atoms with Gasteiger partial charge in [0.05, 0.1) is 33.6 Å². The maximum absolute atomic E-state index is 12.3. The first-order chi connectivity index (χ1) is 12.9. The van der Waals surface area contributed by atoms with E-state index < -0.39 is 0 Å². The molecule has 0 radical (unpaired) electrons. The second kappa shape index (κ2) is 8.71. The minimum Gasteiger partial charge on any atom is -0.352 e. The molecule has 0 saturated carbocycles. The molecule has 2 heterocycles. The smallest absolute Gasteiger partial charge is 0.251 e. The van der Waals surface area contributed by atoms with E-state index in [1.54, 1.807) is 17.1 Å². The summed E-state index contributed by atoms with van der Waals surface area (Å²) in [5.74, 6) is -0.0751. The number of aryl methyl sites for hydroxylation is 2. The van der Waals surface area contributed by atoms with Crippen LogP contribution < -0.4 is 5.32 Å². The number of benzene rings is 1. The van der Waals surface area contributed by atoms with Gasteiger partial charge in [0, 0.05) is 24.8 Å². The zero-order chi connectivity index (χ0) is 19.4. The minimum atomic E-state index is -0.0751. The van der Waals surface area contributed by atoms with Crippen molar-refractivity contribution in [3.8, 4) is 0 Å². The molecule has 27 heavy (non-hydrogen) atoms. The van der Waals surface area contributed by atoms with Crippen LogP contribution in [0.15, 0.2) is 41.1 Å². The summed E-state index contributed by atoms with van der Waals surface area (Å²) in [5.41, 5.74) is 3.81. The quantitative estimate of drug-likeness (QED) is 0.554. The number of hydrogen-bond acceptors (Lipinski definition) is 3. The van der Waals surface area contributed by atoms with Crippen molar-refractivity contribution >= 4 is 33.4 Å². The SMILES string of the molecule is Cc1nn(Cc2ccc(C(=O)NCCCn3cc(Cl)cn3)cc2)c(C)c1Br. The Labute approximate surface area is 171 Å². The Balaban J connectivity index is 1.50. The number of aromatic nitrogens is 4. The summed E-state index contributed by atoms with van der Waals surface area (Å²) in [4.78, 5) is 12.3. The molecule has 0 atom stereocenters. The normalized spacial score (nSPS) is 11.0. The molecular formula is C19H21BrClN5O. The Morgan fingerprint density at radius 3 is 2.59 bits per heavy atom. The van der Waals surface area contributed by atoms with E-state index >= 15 is 0 Å². The van der Waals surface area contributed by atoms with E-state index in [0.717, 1.165) is 27.8 Å². The van der Waals surface area contributed by atoms with Gasteiger partial charge in [0.1, 0.15) is 0 Å². The fourth-order valence-corrected chi connectivity index (χ4v) is 3.21. The fraction of sp³-hybridized carbons (Fsp3) is 0.316. The van der Waals surface area contributed by atoms with Crippen LogP contribution in [0.3, 0.4) is 0 Å². The highest BCUT2D eigenvalue weighted by Crippen LogP contribution is 2.20. The van der Waals surface area contributed by atoms with Crippen molar-refractivity contribution < 1.29 is 4.79 Å². The lowest BCUT2D eigenvalue weighted by Crippen LogP contribution is -2.25. The molecule has 0 fully saturated rings. The fourth-order valence-electron chi connectivity index (χ4n) is 2.77. The van der Waals surface area contributed by atoms with Gasteiger partial charge in [0.2, 0.25) is 0 Å². The molecule has 3 rings (SSSR count). The molecule has 0 bridgehead atoms. The third-order valence-electron chi connectivity index (χ3n) is 4.29. The van der Waals surface area contributed by atoms with Crippen LogP contribution in [-0.2, 0) is 13.1 Å². The summed E-state index contributed by atoms with van der Waals surface area (Å²) in [6.07, 6.45) is 4.16. The van der Waals surface area contributed by atoms with E-state index in [1.807, 2.05) is 42.8 Å². The van der Waals surface area contributed by atoms with E-state index in [-0.39, 0.29) is 5.91 Å². The average Bonchev–Trinajstić information content (AvgIpc) is 3.18. The molecule has 0 saturated heterocycles. The van der Waals surface area contributed by atoms with Gasteiger partial charge in [0.15, 0.2) is 0 Å². The van der Waals surface area contributed by atoms with Crippen LogP contribution in [-0.4, -0.2) is 32.0 Å².